The molecule has 1 amide bonds. The zero-order chi connectivity index (χ0) is 26.5. The molecule has 8 nitrogen and oxygen atoms in total. The van der Waals surface area contributed by atoms with Crippen LogP contribution in [0.4, 0.5) is 37.8 Å². The second kappa shape index (κ2) is 8.78. The molecule has 0 saturated carbocycles. The lowest BCUT2D eigenvalue weighted by Gasteiger charge is -2.15. The van der Waals surface area contributed by atoms with Crippen LogP contribution in [0.5, 0.6) is 0 Å². The van der Waals surface area contributed by atoms with Crippen LogP contribution in [0.15, 0.2) is 30.3 Å². The minimum atomic E-state index is -4.94. The molecule has 0 saturated heterocycles. The molecule has 0 aliphatic heterocycles. The van der Waals surface area contributed by atoms with Crippen LogP contribution in [0.1, 0.15) is 28.7 Å². The summed E-state index contributed by atoms with van der Waals surface area (Å²) in [7, 11) is 0. The number of aliphatic hydroxyl groups is 1. The molecule has 188 valence electrons. The Morgan fingerprint density at radius 1 is 1.08 bits per heavy atom. The number of nitrogens with one attached hydrogen (secondary N) is 1. The fourth-order valence-corrected chi connectivity index (χ4v) is 3.56. The van der Waals surface area contributed by atoms with E-state index in [1.807, 2.05) is 5.32 Å². The zero-order valence-corrected chi connectivity index (χ0v) is 18.5. The van der Waals surface area contributed by atoms with Crippen molar-refractivity contribution < 1.29 is 36.2 Å². The largest absolute Gasteiger partial charge is 0.416 e. The Hall–Kier alpha value is -4.20. The summed E-state index contributed by atoms with van der Waals surface area (Å²) in [6.45, 7) is 3.16. The number of rotatable bonds is 4. The Kier molecular flexibility index (Phi) is 6.08. The summed E-state index contributed by atoms with van der Waals surface area (Å²) >= 11 is 0. The van der Waals surface area contributed by atoms with Crippen LogP contribution in [0.2, 0.25) is 0 Å². The summed E-state index contributed by atoms with van der Waals surface area (Å²) in [6, 6.07) is 3.06. The van der Waals surface area contributed by atoms with Gasteiger partial charge in [0.1, 0.15) is 28.4 Å². The number of halogens is 6. The molecular weight excluding hydrogens is 494 g/mol. The van der Waals surface area contributed by atoms with Crippen molar-refractivity contribution in [3.8, 4) is 5.69 Å². The number of carbonyl (C=O) groups excluding carboxylic acids is 1. The Balaban J connectivity index is 1.67. The number of nitrogen functional groups attached to an aromatic ring is 1. The SMILES string of the molecule is Cc1nc(N)c2c(n1)c(C)nn2-c1ccc(NC(=O)C(O)c2cc(F)cc(C(F)(F)F)c2)c(F)c1F. The Morgan fingerprint density at radius 3 is 2.44 bits per heavy atom. The maximum Gasteiger partial charge on any atom is 0.416 e. The number of amides is 1. The predicted molar refractivity (Wildman–Crippen MR) is 115 cm³/mol. The molecule has 14 heteroatoms. The van der Waals surface area contributed by atoms with Gasteiger partial charge in [0.15, 0.2) is 23.6 Å². The number of carbonyl (C=O) groups is 1. The highest BCUT2D eigenvalue weighted by Gasteiger charge is 2.33. The van der Waals surface area contributed by atoms with Gasteiger partial charge in [0.05, 0.1) is 16.9 Å². The molecular formula is C22H16F6N6O2. The third-order valence-electron chi connectivity index (χ3n) is 5.19. The van der Waals surface area contributed by atoms with E-state index in [4.69, 9.17) is 5.73 Å². The van der Waals surface area contributed by atoms with Gasteiger partial charge in [-0.3, -0.25) is 4.79 Å². The maximum absolute atomic E-state index is 15.0. The van der Waals surface area contributed by atoms with Crippen molar-refractivity contribution in [1.82, 2.24) is 19.7 Å². The van der Waals surface area contributed by atoms with Crippen LogP contribution in [0, 0.1) is 31.3 Å². The van der Waals surface area contributed by atoms with E-state index in [1.165, 1.54) is 0 Å². The predicted octanol–water partition coefficient (Wildman–Crippen LogP) is 4.12. The topological polar surface area (TPSA) is 119 Å². The molecule has 0 fully saturated rings. The van der Waals surface area contributed by atoms with E-state index >= 15 is 4.39 Å². The number of hydrogen-bond acceptors (Lipinski definition) is 6. The van der Waals surface area contributed by atoms with Crippen LogP contribution >= 0.6 is 0 Å². The van der Waals surface area contributed by atoms with Gasteiger partial charge in [-0.1, -0.05) is 0 Å². The summed E-state index contributed by atoms with van der Waals surface area (Å²) in [5, 5.41) is 16.1. The van der Waals surface area contributed by atoms with Gasteiger partial charge in [-0.05, 0) is 49.7 Å². The standard InChI is InChI=1S/C22H16F6N6O2/c1-8-17-18(20(29)31-9(2)30-17)34(33-8)14-4-3-13(15(24)16(14)25)32-21(36)19(35)10-5-11(22(26,27)28)7-12(23)6-10/h3-7,19,35H,1-2H3,(H,32,36)(H2,29,30,31). The summed E-state index contributed by atoms with van der Waals surface area (Å²) in [4.78, 5) is 20.5. The highest BCUT2D eigenvalue weighted by molar-refractivity contribution is 5.95. The van der Waals surface area contributed by atoms with Gasteiger partial charge in [-0.25, -0.2) is 27.8 Å². The lowest BCUT2D eigenvalue weighted by Crippen LogP contribution is -2.22. The number of nitrogens with zero attached hydrogens (tertiary/aromatic N) is 4. The number of nitrogens with two attached hydrogens (primary N) is 1. The number of aliphatic hydroxyl groups excluding tert-OH is 1. The van der Waals surface area contributed by atoms with Crippen molar-refractivity contribution in [2.45, 2.75) is 26.1 Å². The summed E-state index contributed by atoms with van der Waals surface area (Å²) in [6.07, 6.45) is -7.26. The average Bonchev–Trinajstić information content (AvgIpc) is 3.11. The summed E-state index contributed by atoms with van der Waals surface area (Å²) < 4.78 is 83.2. The fraction of sp³-hybridized carbons (Fsp3) is 0.182. The van der Waals surface area contributed by atoms with E-state index in [9.17, 15) is 31.9 Å². The lowest BCUT2D eigenvalue weighted by atomic mass is 10.0. The molecule has 1 atom stereocenters. The minimum absolute atomic E-state index is 0.0354. The third kappa shape index (κ3) is 4.42. The second-order valence-electron chi connectivity index (χ2n) is 7.77. The second-order valence-corrected chi connectivity index (χ2v) is 7.77. The molecule has 4 N–H and O–H groups in total. The molecule has 0 spiro atoms. The number of hydrogen-bond donors (Lipinski definition) is 3. The quantitative estimate of drug-likeness (QED) is 0.356. The van der Waals surface area contributed by atoms with Crippen molar-refractivity contribution in [2.75, 3.05) is 11.1 Å². The monoisotopic (exact) mass is 510 g/mol. The van der Waals surface area contributed by atoms with Gasteiger partial charge < -0.3 is 16.2 Å². The number of aryl methyl sites for hydroxylation is 2. The van der Waals surface area contributed by atoms with Gasteiger partial charge in [0, 0.05) is 0 Å². The minimum Gasteiger partial charge on any atom is -0.382 e. The molecule has 2 heterocycles. The van der Waals surface area contributed by atoms with E-state index in [0.29, 0.717) is 29.2 Å². The number of alkyl halides is 3. The van der Waals surface area contributed by atoms with Gasteiger partial charge in [-0.2, -0.15) is 18.3 Å². The Morgan fingerprint density at radius 2 is 1.78 bits per heavy atom. The molecule has 4 aromatic rings. The fourth-order valence-electron chi connectivity index (χ4n) is 3.56. The van der Waals surface area contributed by atoms with Crippen LogP contribution in [0.25, 0.3) is 16.7 Å². The molecule has 0 bridgehead atoms. The van der Waals surface area contributed by atoms with Gasteiger partial charge in [0.25, 0.3) is 5.91 Å². The highest BCUT2D eigenvalue weighted by atomic mass is 19.4. The molecule has 2 aromatic heterocycles. The molecule has 0 radical (unpaired) electrons. The van der Waals surface area contributed by atoms with Gasteiger partial charge in [-0.15, -0.1) is 0 Å². The molecule has 2 aromatic carbocycles. The smallest absolute Gasteiger partial charge is 0.382 e. The first-order chi connectivity index (χ1) is 16.8. The van der Waals surface area contributed by atoms with Crippen molar-refractivity contribution in [2.24, 2.45) is 0 Å². The Labute approximate surface area is 198 Å². The van der Waals surface area contributed by atoms with Crippen molar-refractivity contribution >= 4 is 28.4 Å². The molecule has 1 unspecified atom stereocenters. The molecule has 36 heavy (non-hydrogen) atoms. The van der Waals surface area contributed by atoms with Gasteiger partial charge in [0.2, 0.25) is 0 Å². The summed E-state index contributed by atoms with van der Waals surface area (Å²) in [5.74, 6) is -5.49. The van der Waals surface area contributed by atoms with Crippen LogP contribution < -0.4 is 11.1 Å². The molecule has 0 aliphatic rings. The highest BCUT2D eigenvalue weighted by Crippen LogP contribution is 2.33. The van der Waals surface area contributed by atoms with E-state index in [0.717, 1.165) is 16.8 Å². The number of fused-ring (bicyclic) bond motifs is 1. The normalized spacial score (nSPS) is 12.7. The Bertz CT molecular complexity index is 1520. The number of anilines is 2. The maximum atomic E-state index is 15.0. The first kappa shape index (κ1) is 24.9. The summed E-state index contributed by atoms with van der Waals surface area (Å²) in [5.41, 5.74) is 3.40. The average molecular weight is 510 g/mol. The molecule has 0 aliphatic carbocycles. The lowest BCUT2D eigenvalue weighted by molar-refractivity contribution is -0.138. The molecule has 4 rings (SSSR count). The van der Waals surface area contributed by atoms with Crippen LogP contribution in [-0.4, -0.2) is 30.8 Å². The van der Waals surface area contributed by atoms with Gasteiger partial charge >= 0.3 is 6.18 Å². The van der Waals surface area contributed by atoms with E-state index in [-0.39, 0.29) is 17.4 Å². The van der Waals surface area contributed by atoms with Crippen molar-refractivity contribution in [3.05, 3.63) is 70.4 Å². The van der Waals surface area contributed by atoms with Crippen LogP contribution in [0.3, 0.4) is 0 Å². The van der Waals surface area contributed by atoms with Crippen molar-refractivity contribution in [1.29, 1.82) is 0 Å². The first-order valence-electron chi connectivity index (χ1n) is 10.1. The first-order valence-corrected chi connectivity index (χ1v) is 10.1. The van der Waals surface area contributed by atoms with E-state index in [2.05, 4.69) is 15.1 Å². The number of benzene rings is 2. The number of aromatic nitrogens is 4. The third-order valence-corrected chi connectivity index (χ3v) is 5.19. The zero-order valence-electron chi connectivity index (χ0n) is 18.5. The van der Waals surface area contributed by atoms with Crippen LogP contribution in [-0.2, 0) is 11.0 Å². The van der Waals surface area contributed by atoms with Crippen molar-refractivity contribution in [3.63, 3.8) is 0 Å². The van der Waals surface area contributed by atoms with E-state index < -0.39 is 58.1 Å². The van der Waals surface area contributed by atoms with E-state index in [1.54, 1.807) is 13.8 Å².